The van der Waals surface area contributed by atoms with Gasteiger partial charge in [0.05, 0.1) is 12.8 Å². The summed E-state index contributed by atoms with van der Waals surface area (Å²) in [6.07, 6.45) is 12.5. The molecule has 1 saturated heterocycles. The van der Waals surface area contributed by atoms with Gasteiger partial charge in [0, 0.05) is 12.5 Å². The molecule has 0 aromatic heterocycles. The normalized spacial score (nSPS) is 40.7. The number of ether oxygens (including phenoxy) is 1. The number of nitrogens with zero attached hydrogens (tertiary/aromatic N) is 2. The maximum atomic E-state index is 12.6. The Hall–Kier alpha value is -2.18. The number of methoxy groups -OCH3 is 1. The number of oxime groups is 1. The molecule has 7 atom stereocenters. The van der Waals surface area contributed by atoms with Crippen LogP contribution in [0, 0.1) is 34.5 Å². The molecule has 36 heavy (non-hydrogen) atoms. The Morgan fingerprint density at radius 3 is 2.61 bits per heavy atom. The standard InChI is InChI=1S/C29H42N2O5/c1-18(32)22-9-10-23-21-8-7-19-16-20(11-13-28(19,2)24(21)12-14-29(22,23)3)30-36-17-26(33)31-15-5-6-25(31)27(34)35-4/h16,21-25H,5-15,17H2,1-4H3/b30-20-/t21-,22+,23+,24-,25-,28+,29-/m1/s1. The van der Waals surface area contributed by atoms with Crippen LogP contribution in [0.5, 0.6) is 0 Å². The summed E-state index contributed by atoms with van der Waals surface area (Å²) in [7, 11) is 1.35. The maximum Gasteiger partial charge on any atom is 0.328 e. The van der Waals surface area contributed by atoms with Gasteiger partial charge in [0.1, 0.15) is 11.8 Å². The molecule has 5 aliphatic rings. The minimum Gasteiger partial charge on any atom is -0.467 e. The number of esters is 1. The molecule has 1 heterocycles. The average molecular weight is 499 g/mol. The third kappa shape index (κ3) is 4.10. The van der Waals surface area contributed by atoms with E-state index in [0.717, 1.165) is 37.8 Å². The number of fused-ring (bicyclic) bond motifs is 5. The van der Waals surface area contributed by atoms with Crippen molar-refractivity contribution in [1.29, 1.82) is 0 Å². The van der Waals surface area contributed by atoms with Crippen LogP contribution in [0.25, 0.3) is 0 Å². The summed E-state index contributed by atoms with van der Waals surface area (Å²) in [6, 6.07) is -0.505. The van der Waals surface area contributed by atoms with Gasteiger partial charge in [-0.25, -0.2) is 4.79 Å². The van der Waals surface area contributed by atoms with Crippen LogP contribution in [-0.4, -0.2) is 54.6 Å². The predicted octanol–water partition coefficient (Wildman–Crippen LogP) is 4.69. The van der Waals surface area contributed by atoms with Crippen molar-refractivity contribution in [3.8, 4) is 0 Å². The van der Waals surface area contributed by atoms with E-state index in [-0.39, 0.29) is 35.2 Å². The largest absolute Gasteiger partial charge is 0.467 e. The molecular weight excluding hydrogens is 456 g/mol. The van der Waals surface area contributed by atoms with E-state index < -0.39 is 6.04 Å². The van der Waals surface area contributed by atoms with Crippen molar-refractivity contribution in [3.05, 3.63) is 11.6 Å². The monoisotopic (exact) mass is 498 g/mol. The molecule has 0 unspecified atom stereocenters. The van der Waals surface area contributed by atoms with E-state index >= 15 is 0 Å². The van der Waals surface area contributed by atoms with Crippen LogP contribution in [0.1, 0.15) is 85.0 Å². The molecule has 1 amide bonds. The summed E-state index contributed by atoms with van der Waals surface area (Å²) < 4.78 is 4.83. The summed E-state index contributed by atoms with van der Waals surface area (Å²) in [5.74, 6) is 2.13. The fraction of sp³-hybridized carbons (Fsp3) is 0.793. The Morgan fingerprint density at radius 2 is 1.86 bits per heavy atom. The highest BCUT2D eigenvalue weighted by Crippen LogP contribution is 2.66. The molecule has 0 N–H and O–H groups in total. The highest BCUT2D eigenvalue weighted by atomic mass is 16.6. The van der Waals surface area contributed by atoms with Crippen LogP contribution >= 0.6 is 0 Å². The number of likely N-dealkylation sites (tertiary alicyclic amines) is 1. The lowest BCUT2D eigenvalue weighted by Crippen LogP contribution is -2.51. The summed E-state index contributed by atoms with van der Waals surface area (Å²) in [5.41, 5.74) is 2.78. The number of hydrogen-bond acceptors (Lipinski definition) is 6. The van der Waals surface area contributed by atoms with Gasteiger partial charge < -0.3 is 14.5 Å². The zero-order valence-corrected chi connectivity index (χ0v) is 22.4. The van der Waals surface area contributed by atoms with Gasteiger partial charge >= 0.3 is 5.97 Å². The van der Waals surface area contributed by atoms with Crippen LogP contribution in [-0.2, 0) is 24.0 Å². The fourth-order valence-corrected chi connectivity index (χ4v) is 9.01. The quantitative estimate of drug-likeness (QED) is 0.405. The second kappa shape index (κ2) is 9.60. The van der Waals surface area contributed by atoms with Gasteiger partial charge in [-0.2, -0.15) is 0 Å². The first-order valence-corrected chi connectivity index (χ1v) is 14.0. The molecule has 0 bridgehead atoms. The molecule has 4 aliphatic carbocycles. The van der Waals surface area contributed by atoms with Crippen LogP contribution in [0.3, 0.4) is 0 Å². The van der Waals surface area contributed by atoms with E-state index in [4.69, 9.17) is 9.57 Å². The van der Waals surface area contributed by atoms with Crippen molar-refractivity contribution in [2.45, 2.75) is 91.0 Å². The first-order valence-electron chi connectivity index (χ1n) is 14.0. The summed E-state index contributed by atoms with van der Waals surface area (Å²) in [6.45, 7) is 7.06. The van der Waals surface area contributed by atoms with Gasteiger partial charge in [-0.05, 0) is 106 Å². The topological polar surface area (TPSA) is 85.3 Å². The van der Waals surface area contributed by atoms with E-state index in [1.165, 1.54) is 38.4 Å². The Balaban J connectivity index is 1.23. The van der Waals surface area contributed by atoms with E-state index in [0.29, 0.717) is 36.5 Å². The Labute approximate surface area is 215 Å². The third-order valence-corrected chi connectivity index (χ3v) is 10.9. The molecule has 0 aromatic carbocycles. The fourth-order valence-electron chi connectivity index (χ4n) is 9.01. The maximum absolute atomic E-state index is 12.6. The van der Waals surface area contributed by atoms with Crippen molar-refractivity contribution in [3.63, 3.8) is 0 Å². The van der Waals surface area contributed by atoms with E-state index in [9.17, 15) is 14.4 Å². The Bertz CT molecular complexity index is 988. The molecule has 1 aliphatic heterocycles. The van der Waals surface area contributed by atoms with Crippen molar-refractivity contribution >= 4 is 23.4 Å². The smallest absolute Gasteiger partial charge is 0.328 e. The molecule has 7 heteroatoms. The molecule has 0 aromatic rings. The van der Waals surface area contributed by atoms with Crippen LogP contribution < -0.4 is 0 Å². The molecule has 7 nitrogen and oxygen atoms in total. The lowest BCUT2D eigenvalue weighted by molar-refractivity contribution is -0.152. The first kappa shape index (κ1) is 25.5. The molecular formula is C29H42N2O5. The Kier molecular flexibility index (Phi) is 6.80. The molecule has 198 valence electrons. The summed E-state index contributed by atoms with van der Waals surface area (Å²) >= 11 is 0. The third-order valence-electron chi connectivity index (χ3n) is 10.9. The lowest BCUT2D eigenvalue weighted by Gasteiger charge is -2.58. The SMILES string of the molecule is COC(=O)[C@H]1CCCN1C(=O)CO/N=C1\C=C2CC[C@H]3[C@@H](CC[C@]4(C)[C@H](C(C)=O)CC[C@@H]34)[C@@]2(C)CC1. The minimum absolute atomic E-state index is 0.153. The number of allylic oxidation sites excluding steroid dienone is 2. The zero-order chi connectivity index (χ0) is 25.7. The number of Topliss-reactive ketones (excluding diaryl/α,β-unsaturated/α-hetero) is 1. The van der Waals surface area contributed by atoms with E-state index in [1.807, 2.05) is 0 Å². The first-order chi connectivity index (χ1) is 17.2. The van der Waals surface area contributed by atoms with Gasteiger partial charge in [-0.3, -0.25) is 9.59 Å². The molecule has 5 rings (SSSR count). The van der Waals surface area contributed by atoms with Crippen molar-refractivity contribution in [2.24, 2.45) is 39.7 Å². The van der Waals surface area contributed by atoms with E-state index in [1.54, 1.807) is 11.8 Å². The highest BCUT2D eigenvalue weighted by Gasteiger charge is 2.59. The number of carbonyl (C=O) groups excluding carboxylic acids is 3. The van der Waals surface area contributed by atoms with Gasteiger partial charge in [-0.15, -0.1) is 0 Å². The molecule has 0 radical (unpaired) electrons. The van der Waals surface area contributed by atoms with Crippen molar-refractivity contribution < 1.29 is 24.0 Å². The van der Waals surface area contributed by atoms with Crippen LogP contribution in [0.4, 0.5) is 0 Å². The van der Waals surface area contributed by atoms with Gasteiger partial charge in [-0.1, -0.05) is 24.6 Å². The number of carbonyl (C=O) groups is 3. The van der Waals surface area contributed by atoms with Crippen LogP contribution in [0.15, 0.2) is 16.8 Å². The van der Waals surface area contributed by atoms with Crippen LogP contribution in [0.2, 0.25) is 0 Å². The van der Waals surface area contributed by atoms with Gasteiger partial charge in [0.15, 0.2) is 6.61 Å². The molecule has 4 fully saturated rings. The zero-order valence-electron chi connectivity index (χ0n) is 22.4. The van der Waals surface area contributed by atoms with Gasteiger partial charge in [0.2, 0.25) is 0 Å². The molecule has 3 saturated carbocycles. The predicted molar refractivity (Wildman–Crippen MR) is 136 cm³/mol. The second-order valence-electron chi connectivity index (χ2n) is 12.4. The Morgan fingerprint density at radius 1 is 1.06 bits per heavy atom. The van der Waals surface area contributed by atoms with Gasteiger partial charge in [0.25, 0.3) is 5.91 Å². The number of ketones is 1. The van der Waals surface area contributed by atoms with Crippen molar-refractivity contribution in [1.82, 2.24) is 4.90 Å². The average Bonchev–Trinajstić information content (AvgIpc) is 3.48. The van der Waals surface area contributed by atoms with E-state index in [2.05, 4.69) is 25.1 Å². The van der Waals surface area contributed by atoms with Crippen molar-refractivity contribution in [2.75, 3.05) is 20.3 Å². The second-order valence-corrected chi connectivity index (χ2v) is 12.4. The summed E-state index contributed by atoms with van der Waals surface area (Å²) in [5, 5.41) is 4.34. The minimum atomic E-state index is -0.505. The number of amides is 1. The number of hydrogen-bond donors (Lipinski definition) is 0. The highest BCUT2D eigenvalue weighted by molar-refractivity contribution is 5.96. The summed E-state index contributed by atoms with van der Waals surface area (Å²) in [4.78, 5) is 44.0. The number of rotatable bonds is 5. The lowest BCUT2D eigenvalue weighted by atomic mass is 9.46. The molecule has 0 spiro atoms.